The Morgan fingerprint density at radius 2 is 1.21 bits per heavy atom. The zero-order valence-electron chi connectivity index (χ0n) is 15.9. The highest BCUT2D eigenvalue weighted by Gasteiger charge is 2.51. The van der Waals surface area contributed by atoms with Crippen LogP contribution in [0.3, 0.4) is 0 Å². The quantitative estimate of drug-likeness (QED) is 0.527. The van der Waals surface area contributed by atoms with Crippen molar-refractivity contribution in [3.63, 3.8) is 0 Å². The fourth-order valence-corrected chi connectivity index (χ4v) is 6.02. The number of hydrogen-bond acceptors (Lipinski definition) is 3. The molecule has 0 aliphatic carbocycles. The maximum absolute atomic E-state index is 14.6. The maximum atomic E-state index is 14.6. The lowest BCUT2D eigenvalue weighted by molar-refractivity contribution is -0.178. The maximum Gasteiger partial charge on any atom is 0.391 e. The molecule has 1 N–H and O–H groups in total. The van der Waals surface area contributed by atoms with Gasteiger partial charge in [0.05, 0.1) is 0 Å². The van der Waals surface area contributed by atoms with Gasteiger partial charge in [0.25, 0.3) is 0 Å². The fourth-order valence-electron chi connectivity index (χ4n) is 2.95. The summed E-state index contributed by atoms with van der Waals surface area (Å²) in [5.74, 6) is -5.76. The van der Waals surface area contributed by atoms with E-state index in [0.717, 1.165) is 0 Å². The van der Waals surface area contributed by atoms with E-state index in [4.69, 9.17) is 4.18 Å². The van der Waals surface area contributed by atoms with Gasteiger partial charge in [0.1, 0.15) is 6.10 Å². The summed E-state index contributed by atoms with van der Waals surface area (Å²) in [6, 6.07) is 26.6. The Bertz CT molecular complexity index is 837. The molecule has 0 aromatic heterocycles. The molecule has 152 valence electrons. The van der Waals surface area contributed by atoms with Crippen LogP contribution in [0.5, 0.6) is 0 Å². The molecule has 0 amide bonds. The van der Waals surface area contributed by atoms with Crippen LogP contribution in [0.1, 0.15) is 13.3 Å². The van der Waals surface area contributed by atoms with Crippen molar-refractivity contribution in [2.24, 2.45) is 0 Å². The monoisotopic (exact) mass is 416 g/mol. The Kier molecular flexibility index (Phi) is 6.35. The summed E-state index contributed by atoms with van der Waals surface area (Å²) >= 11 is 0. The predicted octanol–water partition coefficient (Wildman–Crippen LogP) is 5.83. The van der Waals surface area contributed by atoms with Crippen LogP contribution in [0.2, 0.25) is 0 Å². The zero-order chi connectivity index (χ0) is 20.9. The standard InChI is InChI=1S/C23H22F2O3S/c1-2-21(26)23(24,25)22(27)28-29(18-12-6-3-7-13-18,19-14-8-4-9-15-19)20-16-10-5-11-17-20/h3-17,21,26H,2H2,1H3. The molecule has 0 radical (unpaired) electrons. The average Bonchev–Trinajstić information content (AvgIpc) is 2.78. The predicted molar refractivity (Wildman–Crippen MR) is 109 cm³/mol. The molecular formula is C23H22F2O3S. The van der Waals surface area contributed by atoms with Gasteiger partial charge in [0, 0.05) is 14.7 Å². The van der Waals surface area contributed by atoms with Gasteiger partial charge in [0.15, 0.2) is 0 Å². The van der Waals surface area contributed by atoms with Crippen LogP contribution in [-0.2, 0) is 8.98 Å². The zero-order valence-corrected chi connectivity index (χ0v) is 16.7. The Morgan fingerprint density at radius 1 is 0.862 bits per heavy atom. The SMILES string of the molecule is CCC(O)C(F)(F)C(=O)OS(c1ccccc1)(c1ccccc1)c1ccccc1. The molecular weight excluding hydrogens is 394 g/mol. The molecule has 3 nitrogen and oxygen atoms in total. The minimum atomic E-state index is -4.02. The smallest absolute Gasteiger partial charge is 0.391 e. The molecule has 29 heavy (non-hydrogen) atoms. The van der Waals surface area contributed by atoms with E-state index in [1.54, 1.807) is 91.0 Å². The third-order valence-corrected chi connectivity index (χ3v) is 7.71. The van der Waals surface area contributed by atoms with Gasteiger partial charge in [-0.2, -0.15) is 8.78 Å². The molecule has 0 aliphatic rings. The molecule has 0 fully saturated rings. The topological polar surface area (TPSA) is 46.5 Å². The van der Waals surface area contributed by atoms with Crippen LogP contribution in [-0.4, -0.2) is 23.1 Å². The third-order valence-electron chi connectivity index (χ3n) is 4.50. The molecule has 0 bridgehead atoms. The summed E-state index contributed by atoms with van der Waals surface area (Å²) in [4.78, 5) is 14.5. The number of rotatable bonds is 7. The van der Waals surface area contributed by atoms with Crippen LogP contribution in [0.15, 0.2) is 106 Å². The molecule has 1 unspecified atom stereocenters. The molecule has 3 rings (SSSR count). The van der Waals surface area contributed by atoms with E-state index in [9.17, 15) is 18.7 Å². The van der Waals surface area contributed by atoms with Crippen molar-refractivity contribution in [2.75, 3.05) is 0 Å². The molecule has 1 atom stereocenters. The van der Waals surface area contributed by atoms with Gasteiger partial charge in [-0.25, -0.2) is 4.79 Å². The lowest BCUT2D eigenvalue weighted by Crippen LogP contribution is -2.42. The second-order valence-corrected chi connectivity index (χ2v) is 9.11. The van der Waals surface area contributed by atoms with Crippen LogP contribution in [0.25, 0.3) is 0 Å². The van der Waals surface area contributed by atoms with E-state index in [2.05, 4.69) is 0 Å². The van der Waals surface area contributed by atoms with Crippen molar-refractivity contribution in [2.45, 2.75) is 40.1 Å². The van der Waals surface area contributed by atoms with Gasteiger partial charge in [-0.15, -0.1) is 0 Å². The largest absolute Gasteiger partial charge is 0.397 e. The van der Waals surface area contributed by atoms with Gasteiger partial charge in [-0.3, -0.25) is 0 Å². The van der Waals surface area contributed by atoms with Crippen molar-refractivity contribution >= 4 is 16.3 Å². The second-order valence-electron chi connectivity index (χ2n) is 6.41. The molecule has 0 heterocycles. The number of alkyl halides is 2. The first kappa shape index (κ1) is 21.0. The number of aliphatic hydroxyl groups excluding tert-OH is 1. The van der Waals surface area contributed by atoms with Crippen LogP contribution in [0.4, 0.5) is 8.78 Å². The average molecular weight is 416 g/mol. The second kappa shape index (κ2) is 8.76. The summed E-state index contributed by atoms with van der Waals surface area (Å²) in [7, 11) is -2.80. The van der Waals surface area contributed by atoms with E-state index in [1.165, 1.54) is 6.92 Å². The molecule has 3 aromatic rings. The minimum absolute atomic E-state index is 0.271. The first-order valence-electron chi connectivity index (χ1n) is 9.21. The highest BCUT2D eigenvalue weighted by molar-refractivity contribution is 8.30. The van der Waals surface area contributed by atoms with E-state index in [1.807, 2.05) is 0 Å². The van der Waals surface area contributed by atoms with Crippen LogP contribution in [0, 0.1) is 0 Å². The first-order valence-corrected chi connectivity index (χ1v) is 10.8. The minimum Gasteiger partial charge on any atom is -0.397 e. The molecule has 0 spiro atoms. The van der Waals surface area contributed by atoms with Gasteiger partial charge >= 0.3 is 11.9 Å². The Labute approximate surface area is 170 Å². The molecule has 3 aromatic carbocycles. The van der Waals surface area contributed by atoms with Crippen molar-refractivity contribution < 1.29 is 22.9 Å². The summed E-state index contributed by atoms with van der Waals surface area (Å²) in [5.41, 5.74) is 0. The summed E-state index contributed by atoms with van der Waals surface area (Å²) in [6.07, 6.45) is -2.39. The van der Waals surface area contributed by atoms with E-state index in [-0.39, 0.29) is 6.42 Å². The van der Waals surface area contributed by atoms with Crippen molar-refractivity contribution in [3.8, 4) is 0 Å². The normalized spacial score (nSPS) is 13.5. The summed E-state index contributed by atoms with van der Waals surface area (Å²) in [5, 5.41) is 9.72. The Balaban J connectivity index is 2.24. The lowest BCUT2D eigenvalue weighted by Gasteiger charge is -2.40. The van der Waals surface area contributed by atoms with Gasteiger partial charge in [-0.05, 0) is 53.1 Å². The van der Waals surface area contributed by atoms with Gasteiger partial charge in [0.2, 0.25) is 0 Å². The fraction of sp³-hybridized carbons (Fsp3) is 0.174. The number of halogens is 2. The number of carbonyl (C=O) groups excluding carboxylic acids is 1. The molecule has 6 heteroatoms. The van der Waals surface area contributed by atoms with Crippen LogP contribution < -0.4 is 0 Å². The summed E-state index contributed by atoms with van der Waals surface area (Å²) in [6.45, 7) is 1.39. The summed E-state index contributed by atoms with van der Waals surface area (Å²) < 4.78 is 34.9. The van der Waals surface area contributed by atoms with Crippen molar-refractivity contribution in [1.29, 1.82) is 0 Å². The Morgan fingerprint density at radius 3 is 1.52 bits per heavy atom. The van der Waals surface area contributed by atoms with E-state index >= 15 is 0 Å². The molecule has 0 saturated heterocycles. The molecule has 0 aliphatic heterocycles. The number of benzene rings is 3. The third kappa shape index (κ3) is 4.04. The van der Waals surface area contributed by atoms with Crippen LogP contribution >= 0.6 is 10.3 Å². The first-order chi connectivity index (χ1) is 13.9. The lowest BCUT2D eigenvalue weighted by atomic mass is 10.1. The van der Waals surface area contributed by atoms with E-state index in [0.29, 0.717) is 14.7 Å². The number of carbonyl (C=O) groups is 1. The number of hydrogen-bond donors (Lipinski definition) is 1. The van der Waals surface area contributed by atoms with E-state index < -0.39 is 28.3 Å². The Hall–Kier alpha value is -2.70. The van der Waals surface area contributed by atoms with Crippen molar-refractivity contribution in [3.05, 3.63) is 91.0 Å². The highest BCUT2D eigenvalue weighted by atomic mass is 32.3. The molecule has 0 saturated carbocycles. The highest BCUT2D eigenvalue weighted by Crippen LogP contribution is 2.69. The van der Waals surface area contributed by atoms with Crippen molar-refractivity contribution in [1.82, 2.24) is 0 Å². The van der Waals surface area contributed by atoms with Gasteiger partial charge < -0.3 is 9.29 Å². The number of aliphatic hydroxyl groups is 1. The van der Waals surface area contributed by atoms with Gasteiger partial charge in [-0.1, -0.05) is 61.5 Å².